The van der Waals surface area contributed by atoms with Crippen molar-refractivity contribution in [3.8, 4) is 5.75 Å². The maximum Gasteiger partial charge on any atom is 0.226 e. The van der Waals surface area contributed by atoms with Crippen molar-refractivity contribution >= 4 is 5.91 Å². The molecule has 1 amide bonds. The molecule has 5 nitrogen and oxygen atoms in total. The third-order valence-corrected chi connectivity index (χ3v) is 4.83. The lowest BCUT2D eigenvalue weighted by atomic mass is 9.89. The van der Waals surface area contributed by atoms with Crippen molar-refractivity contribution in [3.05, 3.63) is 24.0 Å². The Hall–Kier alpha value is -1.62. The second kappa shape index (κ2) is 7.77. The second-order valence-electron chi connectivity index (χ2n) is 6.79. The van der Waals surface area contributed by atoms with Gasteiger partial charge in [0.2, 0.25) is 5.91 Å². The van der Waals surface area contributed by atoms with Crippen LogP contribution in [0.15, 0.2) is 18.3 Å². The maximum absolute atomic E-state index is 12.6. The van der Waals surface area contributed by atoms with Crippen LogP contribution in [0.25, 0.3) is 0 Å². The summed E-state index contributed by atoms with van der Waals surface area (Å²) in [6.45, 7) is 6.20. The summed E-state index contributed by atoms with van der Waals surface area (Å²) < 4.78 is 5.85. The number of nitrogens with one attached hydrogen (secondary N) is 1. The summed E-state index contributed by atoms with van der Waals surface area (Å²) in [4.78, 5) is 18.9. The number of piperidine rings is 2. The zero-order valence-corrected chi connectivity index (χ0v) is 14.0. The molecule has 0 radical (unpaired) electrons. The summed E-state index contributed by atoms with van der Waals surface area (Å²) >= 11 is 0. The molecule has 1 N–H and O–H groups in total. The van der Waals surface area contributed by atoms with Gasteiger partial charge in [-0.1, -0.05) is 0 Å². The number of hydrogen-bond donors (Lipinski definition) is 1. The first kappa shape index (κ1) is 16.2. The maximum atomic E-state index is 12.6. The highest BCUT2D eigenvalue weighted by Crippen LogP contribution is 2.22. The van der Waals surface area contributed by atoms with E-state index in [1.54, 1.807) is 6.20 Å². The molecule has 126 valence electrons. The molecule has 5 heteroatoms. The van der Waals surface area contributed by atoms with E-state index >= 15 is 0 Å². The molecule has 3 rings (SSSR count). The van der Waals surface area contributed by atoms with E-state index in [1.165, 1.54) is 6.42 Å². The number of carbonyl (C=O) groups excluding carboxylic acids is 1. The van der Waals surface area contributed by atoms with Crippen LogP contribution in [0.2, 0.25) is 0 Å². The Morgan fingerprint density at radius 2 is 2.13 bits per heavy atom. The molecule has 3 heterocycles. The van der Waals surface area contributed by atoms with Crippen molar-refractivity contribution in [2.75, 3.05) is 32.8 Å². The molecule has 0 saturated carbocycles. The highest BCUT2D eigenvalue weighted by atomic mass is 16.5. The highest BCUT2D eigenvalue weighted by molar-refractivity contribution is 5.79. The predicted molar refractivity (Wildman–Crippen MR) is 89.4 cm³/mol. The summed E-state index contributed by atoms with van der Waals surface area (Å²) in [5.74, 6) is 1.62. The number of rotatable bonds is 4. The van der Waals surface area contributed by atoms with Gasteiger partial charge in [-0.05, 0) is 44.7 Å². The normalized spacial score (nSPS) is 25.2. The minimum atomic E-state index is 0.103. The standard InChI is InChI=1S/C18H27N3O2/c1-14-5-6-17(12-20-14)23-13-15-9-16(11-19-10-15)18(22)21-7-3-2-4-8-21/h5-6,12,15-16,19H,2-4,7-11,13H2,1H3/t15-,16+/m0/s1. The fourth-order valence-corrected chi connectivity index (χ4v) is 3.47. The van der Waals surface area contributed by atoms with Crippen molar-refractivity contribution in [3.63, 3.8) is 0 Å². The monoisotopic (exact) mass is 317 g/mol. The van der Waals surface area contributed by atoms with E-state index < -0.39 is 0 Å². The Labute approximate surface area is 138 Å². The van der Waals surface area contributed by atoms with Gasteiger partial charge in [-0.15, -0.1) is 0 Å². The van der Waals surface area contributed by atoms with Crippen LogP contribution in [0.1, 0.15) is 31.4 Å². The van der Waals surface area contributed by atoms with Crippen LogP contribution in [0.4, 0.5) is 0 Å². The fraction of sp³-hybridized carbons (Fsp3) is 0.667. The molecule has 0 spiro atoms. The van der Waals surface area contributed by atoms with Gasteiger partial charge in [0.15, 0.2) is 0 Å². The summed E-state index contributed by atoms with van der Waals surface area (Å²) in [6, 6.07) is 3.91. The molecule has 0 aromatic carbocycles. The SMILES string of the molecule is Cc1ccc(OC[C@@H]2CNC[C@H](C(=O)N3CCCCC3)C2)cn1. The molecule has 2 saturated heterocycles. The first-order chi connectivity index (χ1) is 11.2. The quantitative estimate of drug-likeness (QED) is 0.923. The van der Waals surface area contributed by atoms with Gasteiger partial charge in [-0.2, -0.15) is 0 Å². The molecule has 23 heavy (non-hydrogen) atoms. The fourth-order valence-electron chi connectivity index (χ4n) is 3.47. The molecular formula is C18H27N3O2. The van der Waals surface area contributed by atoms with E-state index in [2.05, 4.69) is 15.2 Å². The predicted octanol–water partition coefficient (Wildman–Crippen LogP) is 2.01. The third kappa shape index (κ3) is 4.44. The van der Waals surface area contributed by atoms with Crippen molar-refractivity contribution in [2.24, 2.45) is 11.8 Å². The van der Waals surface area contributed by atoms with E-state index in [1.807, 2.05) is 19.1 Å². The Balaban J connectivity index is 1.49. The average Bonchev–Trinajstić information content (AvgIpc) is 2.61. The zero-order valence-electron chi connectivity index (χ0n) is 14.0. The van der Waals surface area contributed by atoms with Gasteiger partial charge >= 0.3 is 0 Å². The first-order valence-corrected chi connectivity index (χ1v) is 8.77. The van der Waals surface area contributed by atoms with Crippen molar-refractivity contribution in [1.29, 1.82) is 0 Å². The molecule has 2 aliphatic rings. The molecule has 0 bridgehead atoms. The van der Waals surface area contributed by atoms with Gasteiger partial charge in [0, 0.05) is 37.8 Å². The molecule has 2 fully saturated rings. The number of aryl methyl sites for hydroxylation is 1. The molecule has 2 aliphatic heterocycles. The lowest BCUT2D eigenvalue weighted by molar-refractivity contribution is -0.137. The molecule has 2 atom stereocenters. The van der Waals surface area contributed by atoms with E-state index in [4.69, 9.17) is 4.74 Å². The summed E-state index contributed by atoms with van der Waals surface area (Å²) in [5, 5.41) is 3.41. The summed E-state index contributed by atoms with van der Waals surface area (Å²) in [6.07, 6.45) is 6.25. The zero-order chi connectivity index (χ0) is 16.1. The minimum absolute atomic E-state index is 0.103. The van der Waals surface area contributed by atoms with Gasteiger partial charge in [0.1, 0.15) is 5.75 Å². The highest BCUT2D eigenvalue weighted by Gasteiger charge is 2.31. The number of ether oxygens (including phenoxy) is 1. The second-order valence-corrected chi connectivity index (χ2v) is 6.79. The van der Waals surface area contributed by atoms with E-state index in [0.29, 0.717) is 18.4 Å². The smallest absolute Gasteiger partial charge is 0.226 e. The molecular weight excluding hydrogens is 290 g/mol. The van der Waals surface area contributed by atoms with Crippen LogP contribution in [0.5, 0.6) is 5.75 Å². The lowest BCUT2D eigenvalue weighted by Crippen LogP contribution is -2.48. The average molecular weight is 317 g/mol. The number of aromatic nitrogens is 1. The Kier molecular flexibility index (Phi) is 5.49. The lowest BCUT2D eigenvalue weighted by Gasteiger charge is -2.34. The Morgan fingerprint density at radius 3 is 2.87 bits per heavy atom. The van der Waals surface area contributed by atoms with Crippen LogP contribution in [0, 0.1) is 18.8 Å². The molecule has 1 aromatic rings. The topological polar surface area (TPSA) is 54.5 Å². The number of carbonyl (C=O) groups is 1. The van der Waals surface area contributed by atoms with E-state index in [9.17, 15) is 4.79 Å². The number of likely N-dealkylation sites (tertiary alicyclic amines) is 1. The van der Waals surface area contributed by atoms with Crippen LogP contribution >= 0.6 is 0 Å². The number of hydrogen-bond acceptors (Lipinski definition) is 4. The van der Waals surface area contributed by atoms with Gasteiger partial charge in [0.25, 0.3) is 0 Å². The van der Waals surface area contributed by atoms with Crippen LogP contribution in [-0.2, 0) is 4.79 Å². The van der Waals surface area contributed by atoms with Gasteiger partial charge in [-0.25, -0.2) is 0 Å². The third-order valence-electron chi connectivity index (χ3n) is 4.83. The van der Waals surface area contributed by atoms with Crippen LogP contribution in [-0.4, -0.2) is 48.6 Å². The van der Waals surface area contributed by atoms with Gasteiger partial charge in [0.05, 0.1) is 18.7 Å². The van der Waals surface area contributed by atoms with Gasteiger partial charge in [-0.3, -0.25) is 9.78 Å². The summed E-state index contributed by atoms with van der Waals surface area (Å²) in [5.41, 5.74) is 0.990. The number of nitrogens with zero attached hydrogens (tertiary/aromatic N) is 2. The minimum Gasteiger partial charge on any atom is -0.492 e. The van der Waals surface area contributed by atoms with E-state index in [0.717, 1.165) is 56.9 Å². The van der Waals surface area contributed by atoms with Gasteiger partial charge < -0.3 is 15.0 Å². The molecule has 0 aliphatic carbocycles. The number of pyridine rings is 1. The van der Waals surface area contributed by atoms with Crippen molar-refractivity contribution in [1.82, 2.24) is 15.2 Å². The van der Waals surface area contributed by atoms with Crippen LogP contribution < -0.4 is 10.1 Å². The van der Waals surface area contributed by atoms with E-state index in [-0.39, 0.29) is 5.92 Å². The van der Waals surface area contributed by atoms with Crippen molar-refractivity contribution < 1.29 is 9.53 Å². The molecule has 0 unspecified atom stereocenters. The van der Waals surface area contributed by atoms with Crippen molar-refractivity contribution in [2.45, 2.75) is 32.6 Å². The summed E-state index contributed by atoms with van der Waals surface area (Å²) in [7, 11) is 0. The Morgan fingerprint density at radius 1 is 1.30 bits per heavy atom. The first-order valence-electron chi connectivity index (χ1n) is 8.77. The Bertz CT molecular complexity index is 512. The van der Waals surface area contributed by atoms with Crippen LogP contribution in [0.3, 0.4) is 0 Å². The molecule has 1 aromatic heterocycles. The largest absolute Gasteiger partial charge is 0.492 e. The number of amides is 1.